The Kier molecular flexibility index (Phi) is 8.32. The highest BCUT2D eigenvalue weighted by Crippen LogP contribution is 2.35. The molecule has 152 valence electrons. The molecule has 3 rings (SSSR count). The van der Waals surface area contributed by atoms with Crippen LogP contribution in [-0.4, -0.2) is 16.6 Å². The lowest BCUT2D eigenvalue weighted by atomic mass is 9.76. The molecule has 0 aliphatic heterocycles. The van der Waals surface area contributed by atoms with Crippen molar-refractivity contribution in [1.82, 2.24) is 9.97 Å². The summed E-state index contributed by atoms with van der Waals surface area (Å²) >= 11 is 0. The van der Waals surface area contributed by atoms with E-state index in [1.54, 1.807) is 0 Å². The molecule has 2 unspecified atom stereocenters. The van der Waals surface area contributed by atoms with Crippen LogP contribution in [0.5, 0.6) is 5.75 Å². The molecule has 2 atom stereocenters. The van der Waals surface area contributed by atoms with Crippen molar-refractivity contribution >= 4 is 0 Å². The minimum atomic E-state index is 0.787. The molecule has 0 spiro atoms. The lowest BCUT2D eigenvalue weighted by molar-refractivity contribution is 0.199. The molecule has 1 aliphatic rings. The van der Waals surface area contributed by atoms with Gasteiger partial charge in [-0.25, -0.2) is 9.97 Å². The van der Waals surface area contributed by atoms with E-state index in [0.29, 0.717) is 0 Å². The fourth-order valence-electron chi connectivity index (χ4n) is 4.45. The molecular formula is C25H36N2O. The van der Waals surface area contributed by atoms with Crippen molar-refractivity contribution in [1.29, 1.82) is 0 Å². The normalized spacial score (nSPS) is 19.5. The average molecular weight is 381 g/mol. The molecule has 0 radical (unpaired) electrons. The Morgan fingerprint density at radius 3 is 2.32 bits per heavy atom. The van der Waals surface area contributed by atoms with Gasteiger partial charge in [-0.1, -0.05) is 52.4 Å². The van der Waals surface area contributed by atoms with Crippen LogP contribution in [0.25, 0.3) is 11.4 Å². The van der Waals surface area contributed by atoms with Crippen LogP contribution in [-0.2, 0) is 6.42 Å². The van der Waals surface area contributed by atoms with Crippen molar-refractivity contribution in [3.8, 4) is 17.1 Å². The minimum absolute atomic E-state index is 0.787. The smallest absolute Gasteiger partial charge is 0.159 e. The van der Waals surface area contributed by atoms with Crippen molar-refractivity contribution in [2.75, 3.05) is 6.61 Å². The number of nitrogens with zero attached hydrogens (tertiary/aromatic N) is 2. The molecule has 0 amide bonds. The Morgan fingerprint density at radius 2 is 1.64 bits per heavy atom. The molecule has 2 aromatic rings. The largest absolute Gasteiger partial charge is 0.494 e. The third-order valence-electron chi connectivity index (χ3n) is 6.22. The van der Waals surface area contributed by atoms with E-state index in [4.69, 9.17) is 4.74 Å². The summed E-state index contributed by atoms with van der Waals surface area (Å²) in [5, 5.41) is 0. The lowest BCUT2D eigenvalue weighted by Crippen LogP contribution is -2.19. The Labute approximate surface area is 171 Å². The van der Waals surface area contributed by atoms with E-state index >= 15 is 0 Å². The molecule has 3 nitrogen and oxygen atoms in total. The fourth-order valence-corrected chi connectivity index (χ4v) is 4.45. The second-order valence-electron chi connectivity index (χ2n) is 8.25. The summed E-state index contributed by atoms with van der Waals surface area (Å²) in [6.07, 6.45) is 16.9. The van der Waals surface area contributed by atoms with Crippen molar-refractivity contribution in [3.63, 3.8) is 0 Å². The third kappa shape index (κ3) is 6.05. The van der Waals surface area contributed by atoms with E-state index in [-0.39, 0.29) is 0 Å². The van der Waals surface area contributed by atoms with Crippen molar-refractivity contribution < 1.29 is 4.74 Å². The van der Waals surface area contributed by atoms with E-state index in [1.807, 2.05) is 24.5 Å². The number of aromatic nitrogens is 2. The molecule has 0 saturated heterocycles. The lowest BCUT2D eigenvalue weighted by Gasteiger charge is -2.30. The Morgan fingerprint density at radius 1 is 0.929 bits per heavy atom. The summed E-state index contributed by atoms with van der Waals surface area (Å²) in [6.45, 7) is 5.37. The number of ether oxygens (including phenoxy) is 1. The second kappa shape index (κ2) is 11.2. The van der Waals surface area contributed by atoms with Gasteiger partial charge in [0.25, 0.3) is 0 Å². The first kappa shape index (κ1) is 20.8. The number of unbranched alkanes of at least 4 members (excludes halogenated alkanes) is 1. The van der Waals surface area contributed by atoms with Crippen molar-refractivity contribution in [2.45, 2.75) is 78.1 Å². The average Bonchev–Trinajstić information content (AvgIpc) is 2.76. The maximum Gasteiger partial charge on any atom is 0.159 e. The molecule has 28 heavy (non-hydrogen) atoms. The van der Waals surface area contributed by atoms with Gasteiger partial charge in [0.1, 0.15) is 5.75 Å². The van der Waals surface area contributed by atoms with Gasteiger partial charge in [-0.2, -0.15) is 0 Å². The zero-order chi connectivity index (χ0) is 19.6. The first-order chi connectivity index (χ1) is 13.8. The van der Waals surface area contributed by atoms with Crippen LogP contribution < -0.4 is 4.74 Å². The van der Waals surface area contributed by atoms with Crippen LogP contribution in [0.3, 0.4) is 0 Å². The predicted octanol–water partition coefficient (Wildman–Crippen LogP) is 6.86. The van der Waals surface area contributed by atoms with Gasteiger partial charge in [-0.15, -0.1) is 0 Å². The highest BCUT2D eigenvalue weighted by molar-refractivity contribution is 5.55. The third-order valence-corrected chi connectivity index (χ3v) is 6.22. The van der Waals surface area contributed by atoms with E-state index in [1.165, 1.54) is 56.9 Å². The molecule has 0 N–H and O–H groups in total. The molecule has 1 aromatic heterocycles. The van der Waals surface area contributed by atoms with Gasteiger partial charge in [-0.3, -0.25) is 0 Å². The number of hydrogen-bond acceptors (Lipinski definition) is 3. The summed E-state index contributed by atoms with van der Waals surface area (Å²) in [4.78, 5) is 9.04. The summed E-state index contributed by atoms with van der Waals surface area (Å²) < 4.78 is 5.98. The summed E-state index contributed by atoms with van der Waals surface area (Å²) in [5.74, 6) is 3.59. The molecule has 1 saturated carbocycles. The number of aryl methyl sites for hydroxylation is 1. The maximum atomic E-state index is 5.98. The second-order valence-corrected chi connectivity index (χ2v) is 8.25. The van der Waals surface area contributed by atoms with E-state index in [9.17, 15) is 0 Å². The van der Waals surface area contributed by atoms with Crippen molar-refractivity contribution in [2.24, 2.45) is 11.8 Å². The van der Waals surface area contributed by atoms with Crippen LogP contribution in [0.2, 0.25) is 0 Å². The van der Waals surface area contributed by atoms with Crippen LogP contribution in [0.15, 0.2) is 36.7 Å². The summed E-state index contributed by atoms with van der Waals surface area (Å²) in [7, 11) is 0. The SMILES string of the molecule is CCCCc1cnc(-c2ccc(OCCCC3CCCCC3CC)cc2)nc1. The van der Waals surface area contributed by atoms with Crippen LogP contribution in [0.1, 0.15) is 77.2 Å². The van der Waals surface area contributed by atoms with Gasteiger partial charge >= 0.3 is 0 Å². The zero-order valence-electron chi connectivity index (χ0n) is 17.7. The van der Waals surface area contributed by atoms with Gasteiger partial charge in [0, 0.05) is 18.0 Å². The summed E-state index contributed by atoms with van der Waals surface area (Å²) in [5.41, 5.74) is 2.26. The van der Waals surface area contributed by atoms with E-state index in [2.05, 4.69) is 35.9 Å². The van der Waals surface area contributed by atoms with Crippen LogP contribution >= 0.6 is 0 Å². The van der Waals surface area contributed by atoms with Gasteiger partial charge in [0.2, 0.25) is 0 Å². The Balaban J connectivity index is 1.44. The van der Waals surface area contributed by atoms with Gasteiger partial charge in [0.15, 0.2) is 5.82 Å². The van der Waals surface area contributed by atoms with E-state index < -0.39 is 0 Å². The quantitative estimate of drug-likeness (QED) is 0.422. The Bertz CT molecular complexity index is 681. The molecule has 1 fully saturated rings. The van der Waals surface area contributed by atoms with Gasteiger partial charge < -0.3 is 4.74 Å². The molecule has 1 heterocycles. The topological polar surface area (TPSA) is 35.0 Å². The zero-order valence-corrected chi connectivity index (χ0v) is 17.7. The summed E-state index contributed by atoms with van der Waals surface area (Å²) in [6, 6.07) is 8.20. The Hall–Kier alpha value is -1.90. The number of hydrogen-bond donors (Lipinski definition) is 0. The standard InChI is InChI=1S/C25H36N2O/c1-3-5-9-20-18-26-25(27-19-20)23-13-15-24(16-14-23)28-17-8-12-22-11-7-6-10-21(22)4-2/h13-16,18-19,21-22H,3-12,17H2,1-2H3. The molecule has 3 heteroatoms. The molecule has 1 aliphatic carbocycles. The first-order valence-corrected chi connectivity index (χ1v) is 11.3. The molecule has 0 bridgehead atoms. The molecule has 1 aromatic carbocycles. The predicted molar refractivity (Wildman–Crippen MR) is 117 cm³/mol. The molecular weight excluding hydrogens is 344 g/mol. The fraction of sp³-hybridized carbons (Fsp3) is 0.600. The van der Waals surface area contributed by atoms with Crippen LogP contribution in [0.4, 0.5) is 0 Å². The first-order valence-electron chi connectivity index (χ1n) is 11.3. The van der Waals surface area contributed by atoms with Gasteiger partial charge in [0.05, 0.1) is 6.61 Å². The van der Waals surface area contributed by atoms with Gasteiger partial charge in [-0.05, 0) is 67.3 Å². The van der Waals surface area contributed by atoms with Crippen molar-refractivity contribution in [3.05, 3.63) is 42.2 Å². The van der Waals surface area contributed by atoms with E-state index in [0.717, 1.165) is 48.4 Å². The maximum absolute atomic E-state index is 5.98. The highest BCUT2D eigenvalue weighted by Gasteiger charge is 2.22. The van der Waals surface area contributed by atoms with Crippen LogP contribution in [0, 0.1) is 11.8 Å². The monoisotopic (exact) mass is 380 g/mol. The minimum Gasteiger partial charge on any atom is -0.494 e. The number of benzene rings is 1. The highest BCUT2D eigenvalue weighted by atomic mass is 16.5. The number of rotatable bonds is 10.